The molecule has 0 atom stereocenters. The lowest BCUT2D eigenvalue weighted by Gasteiger charge is -2.06. The van der Waals surface area contributed by atoms with Crippen molar-refractivity contribution in [2.45, 2.75) is 13.5 Å². The molecule has 0 heterocycles. The maximum atomic E-state index is 10.6. The van der Waals surface area contributed by atoms with Crippen LogP contribution >= 0.6 is 27.5 Å². The predicted molar refractivity (Wildman–Crippen MR) is 62.2 cm³/mol. The van der Waals surface area contributed by atoms with Crippen molar-refractivity contribution >= 4 is 33.2 Å². The van der Waals surface area contributed by atoms with Crippen molar-refractivity contribution in [2.24, 2.45) is 0 Å². The van der Waals surface area contributed by atoms with Gasteiger partial charge in [0.25, 0.3) is 5.69 Å². The van der Waals surface area contributed by atoms with Crippen LogP contribution in [0.1, 0.15) is 12.5 Å². The van der Waals surface area contributed by atoms with Crippen LogP contribution in [0.3, 0.4) is 0 Å². The minimum atomic E-state index is -0.495. The van der Waals surface area contributed by atoms with Crippen molar-refractivity contribution in [3.63, 3.8) is 0 Å². The smallest absolute Gasteiger partial charge is 0.258 e. The Bertz CT molecular complexity index is 399. The molecular weight excluding hydrogens is 301 g/mol. The highest BCUT2D eigenvalue weighted by Crippen LogP contribution is 2.31. The van der Waals surface area contributed by atoms with Crippen molar-refractivity contribution in [3.8, 4) is 0 Å². The number of halogens is 2. The van der Waals surface area contributed by atoms with Gasteiger partial charge in [-0.25, -0.2) is 9.78 Å². The van der Waals surface area contributed by atoms with Gasteiger partial charge in [0.2, 0.25) is 0 Å². The van der Waals surface area contributed by atoms with Crippen molar-refractivity contribution < 1.29 is 14.7 Å². The summed E-state index contributed by atoms with van der Waals surface area (Å²) in [5.41, 5.74) is 0.447. The first-order valence-corrected chi connectivity index (χ1v) is 5.60. The lowest BCUT2D eigenvalue weighted by atomic mass is 10.2. The molecule has 0 aliphatic heterocycles. The van der Waals surface area contributed by atoms with Crippen molar-refractivity contribution in [2.75, 3.05) is 6.61 Å². The van der Waals surface area contributed by atoms with E-state index in [4.69, 9.17) is 16.5 Å². The van der Waals surface area contributed by atoms with E-state index in [-0.39, 0.29) is 12.3 Å². The first kappa shape index (κ1) is 13.4. The molecule has 0 saturated heterocycles. The Kier molecular flexibility index (Phi) is 5.14. The second-order valence-corrected chi connectivity index (χ2v) is 4.06. The third kappa shape index (κ3) is 3.41. The molecule has 0 aliphatic rings. The van der Waals surface area contributed by atoms with E-state index in [1.165, 1.54) is 12.1 Å². The quantitative estimate of drug-likeness (QED) is 0.361. The number of nitro groups is 1. The van der Waals surface area contributed by atoms with Gasteiger partial charge in [-0.2, -0.15) is 0 Å². The Morgan fingerprint density at radius 3 is 2.75 bits per heavy atom. The van der Waals surface area contributed by atoms with Crippen LogP contribution in [0.4, 0.5) is 5.69 Å². The number of hydrogen-bond acceptors (Lipinski definition) is 4. The molecule has 0 aromatic heterocycles. The maximum Gasteiger partial charge on any atom is 0.271 e. The maximum absolute atomic E-state index is 10.6. The lowest BCUT2D eigenvalue weighted by molar-refractivity contribution is -0.385. The monoisotopic (exact) mass is 309 g/mol. The van der Waals surface area contributed by atoms with E-state index in [9.17, 15) is 10.1 Å². The second-order valence-electron chi connectivity index (χ2n) is 2.83. The number of nitrogens with zero attached hydrogens (tertiary/aromatic N) is 1. The zero-order chi connectivity index (χ0) is 12.1. The molecule has 0 radical (unpaired) electrons. The molecule has 0 unspecified atom stereocenters. The topological polar surface area (TPSA) is 61.6 Å². The molecule has 0 saturated carbocycles. The number of hydrogen-bond donors (Lipinski definition) is 0. The molecule has 0 spiro atoms. The van der Waals surface area contributed by atoms with Gasteiger partial charge in [0.05, 0.1) is 16.6 Å². The van der Waals surface area contributed by atoms with Crippen LogP contribution in [0.15, 0.2) is 16.6 Å². The zero-order valence-corrected chi connectivity index (χ0v) is 10.7. The molecule has 5 nitrogen and oxygen atoms in total. The number of benzene rings is 1. The molecule has 88 valence electrons. The summed E-state index contributed by atoms with van der Waals surface area (Å²) in [6, 6.07) is 2.69. The number of rotatable bonds is 5. The van der Waals surface area contributed by atoms with Crippen LogP contribution in [0.2, 0.25) is 5.02 Å². The summed E-state index contributed by atoms with van der Waals surface area (Å²) in [5.74, 6) is 0. The standard InChI is InChI=1S/C9H9BrClNO4/c1-2-15-16-5-6-3-7(12(13)14)4-8(10)9(6)11/h3-4H,2,5H2,1H3. The lowest BCUT2D eigenvalue weighted by Crippen LogP contribution is -1.98. The number of nitro benzene ring substituents is 1. The minimum Gasteiger partial charge on any atom is -0.258 e. The fourth-order valence-corrected chi connectivity index (χ4v) is 1.68. The molecule has 0 fully saturated rings. The third-order valence-electron chi connectivity index (χ3n) is 1.71. The largest absolute Gasteiger partial charge is 0.271 e. The Morgan fingerprint density at radius 2 is 2.19 bits per heavy atom. The summed E-state index contributed by atoms with van der Waals surface area (Å²) in [4.78, 5) is 19.6. The van der Waals surface area contributed by atoms with Crippen molar-refractivity contribution in [1.29, 1.82) is 0 Å². The van der Waals surface area contributed by atoms with Crippen LogP contribution in [0, 0.1) is 10.1 Å². The highest BCUT2D eigenvalue weighted by Gasteiger charge is 2.14. The highest BCUT2D eigenvalue weighted by atomic mass is 79.9. The van der Waals surface area contributed by atoms with Gasteiger partial charge in [-0.05, 0) is 22.9 Å². The fourth-order valence-electron chi connectivity index (χ4n) is 1.03. The fraction of sp³-hybridized carbons (Fsp3) is 0.333. The summed E-state index contributed by atoms with van der Waals surface area (Å²) in [6.45, 7) is 2.23. The molecule has 7 heteroatoms. The SMILES string of the molecule is CCOOCc1cc([N+](=O)[O-])cc(Br)c1Cl. The van der Waals surface area contributed by atoms with Gasteiger partial charge in [0.1, 0.15) is 6.61 Å². The first-order chi connectivity index (χ1) is 7.56. The molecule has 0 bridgehead atoms. The van der Waals surface area contributed by atoms with Crippen LogP contribution in [0.25, 0.3) is 0 Å². The molecular formula is C9H9BrClNO4. The van der Waals surface area contributed by atoms with E-state index in [0.29, 0.717) is 21.7 Å². The molecule has 1 rings (SSSR count). The van der Waals surface area contributed by atoms with Gasteiger partial charge in [-0.15, -0.1) is 0 Å². The zero-order valence-electron chi connectivity index (χ0n) is 8.41. The molecule has 1 aromatic carbocycles. The van der Waals surface area contributed by atoms with E-state index in [0.717, 1.165) is 0 Å². The molecule has 1 aromatic rings. The Labute approximate surface area is 106 Å². The normalized spacial score (nSPS) is 10.4. The Balaban J connectivity index is 2.93. The number of non-ortho nitro benzene ring substituents is 1. The third-order valence-corrected chi connectivity index (χ3v) is 3.01. The summed E-state index contributed by atoms with van der Waals surface area (Å²) < 4.78 is 0.457. The summed E-state index contributed by atoms with van der Waals surface area (Å²) in [5, 5.41) is 11.0. The molecule has 0 N–H and O–H groups in total. The van der Waals surface area contributed by atoms with Crippen molar-refractivity contribution in [1.82, 2.24) is 0 Å². The van der Waals surface area contributed by atoms with Gasteiger partial charge >= 0.3 is 0 Å². The predicted octanol–water partition coefficient (Wildman–Crippen LogP) is 3.48. The van der Waals surface area contributed by atoms with E-state index in [1.807, 2.05) is 0 Å². The van der Waals surface area contributed by atoms with Gasteiger partial charge < -0.3 is 0 Å². The van der Waals surface area contributed by atoms with E-state index < -0.39 is 4.92 Å². The summed E-state index contributed by atoms with van der Waals surface area (Å²) >= 11 is 9.09. The van der Waals surface area contributed by atoms with Crippen LogP contribution in [-0.4, -0.2) is 11.5 Å². The second kappa shape index (κ2) is 6.15. The summed E-state index contributed by atoms with van der Waals surface area (Å²) in [6.07, 6.45) is 0. The molecule has 0 aliphatic carbocycles. The highest BCUT2D eigenvalue weighted by molar-refractivity contribution is 9.10. The van der Waals surface area contributed by atoms with Crippen molar-refractivity contribution in [3.05, 3.63) is 37.3 Å². The van der Waals surface area contributed by atoms with E-state index in [2.05, 4.69) is 20.8 Å². The van der Waals surface area contributed by atoms with Crippen LogP contribution in [0.5, 0.6) is 0 Å². The molecule has 16 heavy (non-hydrogen) atoms. The van der Waals surface area contributed by atoms with Crippen LogP contribution in [-0.2, 0) is 16.4 Å². The Hall–Kier alpha value is -0.690. The van der Waals surface area contributed by atoms with E-state index >= 15 is 0 Å². The van der Waals surface area contributed by atoms with Gasteiger partial charge in [0.15, 0.2) is 0 Å². The van der Waals surface area contributed by atoms with Crippen LogP contribution < -0.4 is 0 Å². The van der Waals surface area contributed by atoms with E-state index in [1.54, 1.807) is 6.92 Å². The van der Waals surface area contributed by atoms with Gasteiger partial charge in [-0.1, -0.05) is 11.6 Å². The minimum absolute atomic E-state index is 0.0497. The average molecular weight is 311 g/mol. The average Bonchev–Trinajstić information content (AvgIpc) is 2.24. The first-order valence-electron chi connectivity index (χ1n) is 4.43. The van der Waals surface area contributed by atoms with Gasteiger partial charge in [-0.3, -0.25) is 10.1 Å². The summed E-state index contributed by atoms with van der Waals surface area (Å²) in [7, 11) is 0. The molecule has 0 amide bonds. The van der Waals surface area contributed by atoms with Gasteiger partial charge in [0, 0.05) is 22.2 Å². The Morgan fingerprint density at radius 1 is 1.50 bits per heavy atom.